The Hall–Kier alpha value is -2.56. The van der Waals surface area contributed by atoms with Crippen molar-refractivity contribution in [3.63, 3.8) is 0 Å². The van der Waals surface area contributed by atoms with Gasteiger partial charge in [0, 0.05) is 12.0 Å². The Bertz CT molecular complexity index is 636. The highest BCUT2D eigenvalue weighted by Gasteiger charge is 2.29. The minimum atomic E-state index is 0.0650. The second kappa shape index (κ2) is 5.83. The summed E-state index contributed by atoms with van der Waals surface area (Å²) in [6.45, 7) is 0. The number of anilines is 1. The number of aromatic nitrogens is 1. The molecule has 1 aromatic heterocycles. The van der Waals surface area contributed by atoms with Gasteiger partial charge < -0.3 is 14.8 Å². The summed E-state index contributed by atoms with van der Waals surface area (Å²) < 4.78 is 10.9. The molecule has 2 aromatic rings. The summed E-state index contributed by atoms with van der Waals surface area (Å²) in [7, 11) is 1.59. The van der Waals surface area contributed by atoms with Crippen LogP contribution in [0.3, 0.4) is 0 Å². The molecular weight excluding hydrogens is 268 g/mol. The Morgan fingerprint density at radius 3 is 2.57 bits per heavy atom. The second-order valence-corrected chi connectivity index (χ2v) is 4.90. The summed E-state index contributed by atoms with van der Waals surface area (Å²) in [5.41, 5.74) is 0.680. The van der Waals surface area contributed by atoms with Crippen molar-refractivity contribution >= 4 is 11.6 Å². The Balaban J connectivity index is 1.67. The molecule has 1 fully saturated rings. The predicted molar refractivity (Wildman–Crippen MR) is 78.7 cm³/mol. The first-order valence-corrected chi connectivity index (χ1v) is 6.84. The van der Waals surface area contributed by atoms with Gasteiger partial charge in [-0.1, -0.05) is 12.1 Å². The molecule has 1 aliphatic rings. The summed E-state index contributed by atoms with van der Waals surface area (Å²) in [5.74, 6) is 1.93. The van der Waals surface area contributed by atoms with Crippen LogP contribution in [-0.2, 0) is 4.79 Å². The second-order valence-electron chi connectivity index (χ2n) is 4.90. The van der Waals surface area contributed by atoms with Crippen LogP contribution in [0, 0.1) is 5.92 Å². The maximum absolute atomic E-state index is 11.6. The number of benzene rings is 1. The van der Waals surface area contributed by atoms with Crippen molar-refractivity contribution < 1.29 is 14.3 Å². The maximum atomic E-state index is 11.6. The fourth-order valence-electron chi connectivity index (χ4n) is 1.92. The molecule has 0 saturated heterocycles. The van der Waals surface area contributed by atoms with E-state index in [-0.39, 0.29) is 11.8 Å². The van der Waals surface area contributed by atoms with E-state index in [4.69, 9.17) is 9.47 Å². The number of pyridine rings is 1. The van der Waals surface area contributed by atoms with Gasteiger partial charge in [0.1, 0.15) is 0 Å². The first kappa shape index (κ1) is 13.4. The van der Waals surface area contributed by atoms with Crippen LogP contribution in [-0.4, -0.2) is 18.0 Å². The molecule has 1 N–H and O–H groups in total. The first-order valence-electron chi connectivity index (χ1n) is 6.84. The van der Waals surface area contributed by atoms with Crippen LogP contribution >= 0.6 is 0 Å². The van der Waals surface area contributed by atoms with E-state index in [1.807, 2.05) is 24.3 Å². The number of para-hydroxylation sites is 2. The van der Waals surface area contributed by atoms with Crippen molar-refractivity contribution in [2.75, 3.05) is 12.4 Å². The van der Waals surface area contributed by atoms with Crippen LogP contribution in [0.15, 0.2) is 42.6 Å². The van der Waals surface area contributed by atoms with E-state index >= 15 is 0 Å². The van der Waals surface area contributed by atoms with Gasteiger partial charge in [-0.25, -0.2) is 4.98 Å². The van der Waals surface area contributed by atoms with Crippen molar-refractivity contribution in [2.24, 2.45) is 5.92 Å². The van der Waals surface area contributed by atoms with Gasteiger partial charge in [0.05, 0.1) is 19.0 Å². The minimum absolute atomic E-state index is 0.0650. The van der Waals surface area contributed by atoms with Crippen molar-refractivity contribution in [2.45, 2.75) is 12.8 Å². The summed E-state index contributed by atoms with van der Waals surface area (Å²) in [6, 6.07) is 10.9. The summed E-state index contributed by atoms with van der Waals surface area (Å²) in [4.78, 5) is 15.8. The lowest BCUT2D eigenvalue weighted by atomic mass is 10.3. The number of carbonyl (C=O) groups is 1. The van der Waals surface area contributed by atoms with E-state index in [1.165, 1.54) is 0 Å². The Morgan fingerprint density at radius 1 is 1.19 bits per heavy atom. The lowest BCUT2D eigenvalue weighted by Gasteiger charge is -2.09. The SMILES string of the molecule is COc1ccccc1Oc1ccc(NC(=O)C2CC2)cn1. The summed E-state index contributed by atoms with van der Waals surface area (Å²) >= 11 is 0. The zero-order chi connectivity index (χ0) is 14.7. The van der Waals surface area contributed by atoms with Gasteiger partial charge in [-0.15, -0.1) is 0 Å². The van der Waals surface area contributed by atoms with E-state index in [9.17, 15) is 4.79 Å². The molecule has 0 aliphatic heterocycles. The van der Waals surface area contributed by atoms with Gasteiger partial charge in [0.25, 0.3) is 0 Å². The van der Waals surface area contributed by atoms with Crippen LogP contribution in [0.1, 0.15) is 12.8 Å². The lowest BCUT2D eigenvalue weighted by Crippen LogP contribution is -2.13. The van der Waals surface area contributed by atoms with Crippen LogP contribution in [0.5, 0.6) is 17.4 Å². The van der Waals surface area contributed by atoms with Crippen molar-refractivity contribution in [3.05, 3.63) is 42.6 Å². The molecule has 1 heterocycles. The van der Waals surface area contributed by atoms with E-state index in [1.54, 1.807) is 25.4 Å². The Kier molecular flexibility index (Phi) is 3.73. The van der Waals surface area contributed by atoms with E-state index in [0.717, 1.165) is 12.8 Å². The molecule has 5 nitrogen and oxygen atoms in total. The lowest BCUT2D eigenvalue weighted by molar-refractivity contribution is -0.117. The molecule has 5 heteroatoms. The number of hydrogen-bond acceptors (Lipinski definition) is 4. The van der Waals surface area contributed by atoms with Gasteiger partial charge in [-0.2, -0.15) is 0 Å². The number of carbonyl (C=O) groups excluding carboxylic acids is 1. The topological polar surface area (TPSA) is 60.5 Å². The molecule has 1 amide bonds. The molecule has 21 heavy (non-hydrogen) atoms. The average Bonchev–Trinajstić information content (AvgIpc) is 3.34. The summed E-state index contributed by atoms with van der Waals surface area (Å²) in [5, 5.41) is 2.84. The third-order valence-electron chi connectivity index (χ3n) is 3.24. The number of methoxy groups -OCH3 is 1. The molecule has 1 saturated carbocycles. The molecule has 0 atom stereocenters. The number of ether oxygens (including phenoxy) is 2. The maximum Gasteiger partial charge on any atom is 0.227 e. The predicted octanol–water partition coefficient (Wildman–Crippen LogP) is 3.23. The molecule has 1 aliphatic carbocycles. The van der Waals surface area contributed by atoms with E-state index < -0.39 is 0 Å². The van der Waals surface area contributed by atoms with Gasteiger partial charge >= 0.3 is 0 Å². The average molecular weight is 284 g/mol. The fraction of sp³-hybridized carbons (Fsp3) is 0.250. The quantitative estimate of drug-likeness (QED) is 0.915. The third kappa shape index (κ3) is 3.31. The largest absolute Gasteiger partial charge is 0.493 e. The number of nitrogens with zero attached hydrogens (tertiary/aromatic N) is 1. The highest BCUT2D eigenvalue weighted by molar-refractivity contribution is 5.93. The zero-order valence-electron chi connectivity index (χ0n) is 11.7. The standard InChI is InChI=1S/C16H16N2O3/c1-20-13-4-2-3-5-14(13)21-15-9-8-12(10-17-15)18-16(19)11-6-7-11/h2-5,8-11H,6-7H2,1H3,(H,18,19). The minimum Gasteiger partial charge on any atom is -0.493 e. The summed E-state index contributed by atoms with van der Waals surface area (Å²) in [6.07, 6.45) is 3.55. The molecular formula is C16H16N2O3. The van der Waals surface area contributed by atoms with Gasteiger partial charge in [-0.05, 0) is 31.0 Å². The number of amides is 1. The highest BCUT2D eigenvalue weighted by atomic mass is 16.5. The highest BCUT2D eigenvalue weighted by Crippen LogP contribution is 2.31. The molecule has 3 rings (SSSR count). The molecule has 0 unspecified atom stereocenters. The number of rotatable bonds is 5. The van der Waals surface area contributed by atoms with E-state index in [2.05, 4.69) is 10.3 Å². The van der Waals surface area contributed by atoms with Crippen LogP contribution in [0.2, 0.25) is 0 Å². The van der Waals surface area contributed by atoms with Crippen molar-refractivity contribution in [1.82, 2.24) is 4.98 Å². The van der Waals surface area contributed by atoms with E-state index in [0.29, 0.717) is 23.1 Å². The van der Waals surface area contributed by atoms with Gasteiger partial charge in [0.15, 0.2) is 11.5 Å². The number of hydrogen-bond donors (Lipinski definition) is 1. The van der Waals surface area contributed by atoms with Crippen LogP contribution in [0.4, 0.5) is 5.69 Å². The first-order chi connectivity index (χ1) is 10.3. The Labute approximate surface area is 122 Å². The molecule has 108 valence electrons. The van der Waals surface area contributed by atoms with Gasteiger partial charge in [0.2, 0.25) is 11.8 Å². The smallest absolute Gasteiger partial charge is 0.227 e. The Morgan fingerprint density at radius 2 is 1.95 bits per heavy atom. The molecule has 1 aromatic carbocycles. The molecule has 0 bridgehead atoms. The fourth-order valence-corrected chi connectivity index (χ4v) is 1.92. The zero-order valence-corrected chi connectivity index (χ0v) is 11.7. The van der Waals surface area contributed by atoms with Crippen molar-refractivity contribution in [3.8, 4) is 17.4 Å². The normalized spacial score (nSPS) is 13.6. The third-order valence-corrected chi connectivity index (χ3v) is 3.24. The van der Waals surface area contributed by atoms with Crippen LogP contribution in [0.25, 0.3) is 0 Å². The number of nitrogens with one attached hydrogen (secondary N) is 1. The van der Waals surface area contributed by atoms with Gasteiger partial charge in [-0.3, -0.25) is 4.79 Å². The molecule has 0 radical (unpaired) electrons. The molecule has 0 spiro atoms. The van der Waals surface area contributed by atoms with Crippen molar-refractivity contribution in [1.29, 1.82) is 0 Å². The monoisotopic (exact) mass is 284 g/mol. The van der Waals surface area contributed by atoms with Crippen LogP contribution < -0.4 is 14.8 Å².